The summed E-state index contributed by atoms with van der Waals surface area (Å²) in [6, 6.07) is 7.66. The number of carbonyl (C=O) groups excluding carboxylic acids is 1. The number of ether oxygens (including phenoxy) is 1. The van der Waals surface area contributed by atoms with E-state index in [1.54, 1.807) is 12.1 Å². The van der Waals surface area contributed by atoms with Gasteiger partial charge in [0.05, 0.1) is 18.7 Å². The maximum atomic E-state index is 11.5. The lowest BCUT2D eigenvalue weighted by molar-refractivity contribution is 0.0600. The van der Waals surface area contributed by atoms with Crippen molar-refractivity contribution in [3.05, 3.63) is 33.8 Å². The Bertz CT molecular complexity index is 523. The molecule has 0 fully saturated rings. The maximum absolute atomic E-state index is 11.5. The lowest BCUT2D eigenvalue weighted by atomic mass is 10.1. The Morgan fingerprint density at radius 3 is 2.71 bits per heavy atom. The zero-order valence-electron chi connectivity index (χ0n) is 12.7. The monoisotopic (exact) mass is 352 g/mol. The molecule has 0 atom stereocenters. The summed E-state index contributed by atoms with van der Waals surface area (Å²) in [6.07, 6.45) is 0.518. The highest BCUT2D eigenvalue weighted by Gasteiger charge is 2.12. The largest absolute Gasteiger partial charge is 0.465 e. The fraction of sp³-hybridized carbons (Fsp3) is 0.500. The molecule has 0 heterocycles. The van der Waals surface area contributed by atoms with Crippen LogP contribution in [0, 0.1) is 17.2 Å². The third-order valence-corrected chi connectivity index (χ3v) is 3.77. The quantitative estimate of drug-likeness (QED) is 0.703. The molecule has 114 valence electrons. The molecule has 0 aliphatic heterocycles. The summed E-state index contributed by atoms with van der Waals surface area (Å²) < 4.78 is 5.60. The van der Waals surface area contributed by atoms with E-state index in [1.807, 2.05) is 6.07 Å². The fourth-order valence-electron chi connectivity index (χ4n) is 2.12. The molecule has 0 aliphatic rings. The normalized spacial score (nSPS) is 10.7. The van der Waals surface area contributed by atoms with Gasteiger partial charge < -0.3 is 4.74 Å². The van der Waals surface area contributed by atoms with Gasteiger partial charge in [0.15, 0.2) is 0 Å². The number of nitriles is 1. The van der Waals surface area contributed by atoms with Crippen LogP contribution in [0.25, 0.3) is 0 Å². The van der Waals surface area contributed by atoms with Gasteiger partial charge in [-0.15, -0.1) is 0 Å². The Labute approximate surface area is 134 Å². The summed E-state index contributed by atoms with van der Waals surface area (Å²) in [4.78, 5) is 13.8. The third kappa shape index (κ3) is 5.86. The average Bonchev–Trinajstić information content (AvgIpc) is 2.45. The number of hydrogen-bond donors (Lipinski definition) is 0. The van der Waals surface area contributed by atoms with Crippen molar-refractivity contribution in [2.75, 3.05) is 20.2 Å². The van der Waals surface area contributed by atoms with Crippen LogP contribution in [0.15, 0.2) is 22.7 Å². The summed E-state index contributed by atoms with van der Waals surface area (Å²) in [5.74, 6) is 0.197. The molecule has 1 aromatic rings. The van der Waals surface area contributed by atoms with Gasteiger partial charge in [0, 0.05) is 30.5 Å². The van der Waals surface area contributed by atoms with Gasteiger partial charge in [-0.3, -0.25) is 4.90 Å². The number of carbonyl (C=O) groups is 1. The molecule has 0 N–H and O–H groups in total. The Kier molecular flexibility index (Phi) is 7.41. The lowest BCUT2D eigenvalue weighted by Gasteiger charge is -2.24. The van der Waals surface area contributed by atoms with E-state index >= 15 is 0 Å². The van der Waals surface area contributed by atoms with Crippen LogP contribution in [0.3, 0.4) is 0 Å². The van der Waals surface area contributed by atoms with E-state index in [2.05, 4.69) is 40.7 Å². The molecule has 0 bridgehead atoms. The highest BCUT2D eigenvalue weighted by molar-refractivity contribution is 9.10. The van der Waals surface area contributed by atoms with E-state index in [0.29, 0.717) is 17.9 Å². The van der Waals surface area contributed by atoms with Gasteiger partial charge in [-0.2, -0.15) is 5.26 Å². The average molecular weight is 353 g/mol. The second-order valence-corrected chi connectivity index (χ2v) is 6.19. The van der Waals surface area contributed by atoms with Crippen LogP contribution < -0.4 is 0 Å². The summed E-state index contributed by atoms with van der Waals surface area (Å²) in [5, 5.41) is 8.76. The lowest BCUT2D eigenvalue weighted by Crippen LogP contribution is -2.28. The molecule has 0 aromatic heterocycles. The molecule has 5 heteroatoms. The molecule has 21 heavy (non-hydrogen) atoms. The van der Waals surface area contributed by atoms with Gasteiger partial charge in [-0.1, -0.05) is 35.8 Å². The number of hydrogen-bond acceptors (Lipinski definition) is 4. The van der Waals surface area contributed by atoms with Crippen molar-refractivity contribution in [1.82, 2.24) is 4.90 Å². The minimum absolute atomic E-state index is 0.342. The number of nitrogens with zero attached hydrogens (tertiary/aromatic N) is 2. The number of halogens is 1. The SMILES string of the molecule is COC(=O)c1ccc(CN(CCC#N)CC(C)C)c(Br)c1. The van der Waals surface area contributed by atoms with Crippen LogP contribution in [0.1, 0.15) is 36.2 Å². The zero-order valence-corrected chi connectivity index (χ0v) is 14.3. The number of benzene rings is 1. The molecule has 0 unspecified atom stereocenters. The van der Waals surface area contributed by atoms with Gasteiger partial charge in [0.1, 0.15) is 0 Å². The predicted molar refractivity (Wildman–Crippen MR) is 85.8 cm³/mol. The van der Waals surface area contributed by atoms with Crippen molar-refractivity contribution in [2.24, 2.45) is 5.92 Å². The Hall–Kier alpha value is -1.38. The van der Waals surface area contributed by atoms with Gasteiger partial charge in [-0.05, 0) is 23.6 Å². The number of methoxy groups -OCH3 is 1. The minimum atomic E-state index is -0.342. The molecule has 0 radical (unpaired) electrons. The molecular formula is C16H21BrN2O2. The smallest absolute Gasteiger partial charge is 0.337 e. The van der Waals surface area contributed by atoms with Crippen LogP contribution in [0.5, 0.6) is 0 Å². The molecule has 0 spiro atoms. The first-order valence-electron chi connectivity index (χ1n) is 6.94. The number of esters is 1. The summed E-state index contributed by atoms with van der Waals surface area (Å²) in [5.41, 5.74) is 1.63. The first-order valence-corrected chi connectivity index (χ1v) is 7.73. The summed E-state index contributed by atoms with van der Waals surface area (Å²) >= 11 is 3.51. The van der Waals surface area contributed by atoms with Gasteiger partial charge in [0.2, 0.25) is 0 Å². The zero-order chi connectivity index (χ0) is 15.8. The molecule has 0 amide bonds. The molecule has 4 nitrogen and oxygen atoms in total. The van der Waals surface area contributed by atoms with Gasteiger partial charge in [0.25, 0.3) is 0 Å². The van der Waals surface area contributed by atoms with Crippen LogP contribution in [0.4, 0.5) is 0 Å². The Balaban J connectivity index is 2.83. The standard InChI is InChI=1S/C16H21BrN2O2/c1-12(2)10-19(8-4-7-18)11-14-6-5-13(9-15(14)17)16(20)21-3/h5-6,9,12H,4,8,10-11H2,1-3H3. The maximum Gasteiger partial charge on any atom is 0.337 e. The van der Waals surface area contributed by atoms with Crippen molar-refractivity contribution in [3.63, 3.8) is 0 Å². The molecular weight excluding hydrogens is 332 g/mol. The molecule has 1 rings (SSSR count). The van der Waals surface area contributed by atoms with E-state index in [9.17, 15) is 4.79 Å². The van der Waals surface area contributed by atoms with Crippen molar-refractivity contribution < 1.29 is 9.53 Å². The van der Waals surface area contributed by atoms with Crippen molar-refractivity contribution >= 4 is 21.9 Å². The first kappa shape index (κ1) is 17.7. The van der Waals surface area contributed by atoms with E-state index in [-0.39, 0.29) is 5.97 Å². The highest BCUT2D eigenvalue weighted by Crippen LogP contribution is 2.21. The van der Waals surface area contributed by atoms with E-state index < -0.39 is 0 Å². The van der Waals surface area contributed by atoms with E-state index in [0.717, 1.165) is 29.7 Å². The second kappa shape index (κ2) is 8.81. The third-order valence-electron chi connectivity index (χ3n) is 3.03. The van der Waals surface area contributed by atoms with Crippen LogP contribution in [-0.2, 0) is 11.3 Å². The Morgan fingerprint density at radius 1 is 1.48 bits per heavy atom. The topological polar surface area (TPSA) is 53.3 Å². The number of rotatable bonds is 7. The first-order chi connectivity index (χ1) is 9.97. The highest BCUT2D eigenvalue weighted by atomic mass is 79.9. The molecule has 0 saturated carbocycles. The van der Waals surface area contributed by atoms with Crippen molar-refractivity contribution in [1.29, 1.82) is 5.26 Å². The summed E-state index contributed by atoms with van der Waals surface area (Å²) in [7, 11) is 1.37. The predicted octanol–water partition coefficient (Wildman–Crippen LogP) is 3.61. The van der Waals surface area contributed by atoms with E-state index in [4.69, 9.17) is 10.00 Å². The van der Waals surface area contributed by atoms with Gasteiger partial charge in [-0.25, -0.2) is 4.79 Å². The van der Waals surface area contributed by atoms with Crippen LogP contribution in [0.2, 0.25) is 0 Å². The summed E-state index contributed by atoms with van der Waals surface area (Å²) in [6.45, 7) is 6.76. The van der Waals surface area contributed by atoms with Gasteiger partial charge >= 0.3 is 5.97 Å². The van der Waals surface area contributed by atoms with Crippen molar-refractivity contribution in [3.8, 4) is 6.07 Å². The second-order valence-electron chi connectivity index (χ2n) is 5.33. The molecule has 0 saturated heterocycles. The molecule has 1 aromatic carbocycles. The van der Waals surface area contributed by atoms with E-state index in [1.165, 1.54) is 7.11 Å². The van der Waals surface area contributed by atoms with Crippen molar-refractivity contribution in [2.45, 2.75) is 26.8 Å². The minimum Gasteiger partial charge on any atom is -0.465 e. The van der Waals surface area contributed by atoms with Crippen LogP contribution >= 0.6 is 15.9 Å². The molecule has 0 aliphatic carbocycles. The fourth-order valence-corrected chi connectivity index (χ4v) is 2.62. The van der Waals surface area contributed by atoms with Crippen LogP contribution in [-0.4, -0.2) is 31.1 Å². The Morgan fingerprint density at radius 2 is 2.19 bits per heavy atom.